The number of benzene rings is 2. The summed E-state index contributed by atoms with van der Waals surface area (Å²) in [6.45, 7) is 6.43. The molecule has 172 valence electrons. The average molecular weight is 477 g/mol. The first-order valence-electron chi connectivity index (χ1n) is 10.9. The zero-order chi connectivity index (χ0) is 22.9. The van der Waals surface area contributed by atoms with Crippen molar-refractivity contribution >= 4 is 40.9 Å². The van der Waals surface area contributed by atoms with Crippen molar-refractivity contribution in [3.8, 4) is 11.5 Å². The van der Waals surface area contributed by atoms with Crippen LogP contribution in [0.5, 0.6) is 11.5 Å². The average Bonchev–Trinajstić information content (AvgIpc) is 2.80. The number of rotatable bonds is 9. The maximum Gasteiger partial charge on any atom is 0.255 e. The summed E-state index contributed by atoms with van der Waals surface area (Å²) in [5.74, 6) is 2.74. The molecule has 0 saturated carbocycles. The van der Waals surface area contributed by atoms with Crippen LogP contribution in [-0.2, 0) is 11.2 Å². The number of nitrogens with zero attached hydrogens (tertiary/aromatic N) is 1. The topological polar surface area (TPSA) is 67.9 Å². The molecule has 1 aliphatic heterocycles. The maximum atomic E-state index is 12.8. The van der Waals surface area contributed by atoms with E-state index in [4.69, 9.17) is 21.1 Å². The summed E-state index contributed by atoms with van der Waals surface area (Å²) in [5.41, 5.74) is 1.94. The van der Waals surface area contributed by atoms with Gasteiger partial charge in [0.1, 0.15) is 0 Å². The normalized spacial score (nSPS) is 13.5. The summed E-state index contributed by atoms with van der Waals surface area (Å²) >= 11 is 8.24. The first-order chi connectivity index (χ1) is 15.5. The molecule has 6 nitrogen and oxygen atoms in total. The van der Waals surface area contributed by atoms with Crippen LogP contribution in [-0.4, -0.2) is 54.5 Å². The number of ether oxygens (including phenoxy) is 2. The predicted octanol–water partition coefficient (Wildman–Crippen LogP) is 4.90. The molecule has 1 fully saturated rings. The Kier molecular flexibility index (Phi) is 9.11. The van der Waals surface area contributed by atoms with Crippen molar-refractivity contribution in [1.29, 1.82) is 0 Å². The molecule has 3 rings (SSSR count). The summed E-state index contributed by atoms with van der Waals surface area (Å²) in [7, 11) is 0. The van der Waals surface area contributed by atoms with Crippen molar-refractivity contribution in [2.75, 3.05) is 43.1 Å². The van der Waals surface area contributed by atoms with Crippen LogP contribution >= 0.6 is 23.4 Å². The molecule has 0 bridgehead atoms. The lowest BCUT2D eigenvalue weighted by Crippen LogP contribution is -2.38. The number of halogens is 1. The molecule has 2 aromatic rings. The van der Waals surface area contributed by atoms with Gasteiger partial charge in [0.25, 0.3) is 5.91 Å². The lowest BCUT2D eigenvalue weighted by atomic mass is 10.1. The van der Waals surface area contributed by atoms with Gasteiger partial charge in [-0.3, -0.25) is 9.59 Å². The monoisotopic (exact) mass is 476 g/mol. The van der Waals surface area contributed by atoms with Gasteiger partial charge in [0, 0.05) is 35.8 Å². The molecule has 0 aliphatic carbocycles. The quantitative estimate of drug-likeness (QED) is 0.557. The second-order valence-corrected chi connectivity index (χ2v) is 9.02. The van der Waals surface area contributed by atoms with E-state index in [-0.39, 0.29) is 11.8 Å². The van der Waals surface area contributed by atoms with E-state index >= 15 is 0 Å². The first kappa shape index (κ1) is 24.3. The molecule has 0 aromatic heterocycles. The highest BCUT2D eigenvalue weighted by atomic mass is 35.5. The van der Waals surface area contributed by atoms with Crippen molar-refractivity contribution < 1.29 is 19.1 Å². The summed E-state index contributed by atoms with van der Waals surface area (Å²) in [6.07, 6.45) is 1.20. The lowest BCUT2D eigenvalue weighted by molar-refractivity contribution is -0.130. The van der Waals surface area contributed by atoms with Gasteiger partial charge in [-0.1, -0.05) is 30.7 Å². The van der Waals surface area contributed by atoms with Crippen LogP contribution in [0.25, 0.3) is 0 Å². The van der Waals surface area contributed by atoms with Gasteiger partial charge in [-0.15, -0.1) is 0 Å². The van der Waals surface area contributed by atoms with E-state index < -0.39 is 0 Å². The van der Waals surface area contributed by atoms with Crippen LogP contribution in [0.2, 0.25) is 5.02 Å². The van der Waals surface area contributed by atoms with Gasteiger partial charge in [0.15, 0.2) is 11.5 Å². The van der Waals surface area contributed by atoms with Crippen LogP contribution in [0.1, 0.15) is 36.2 Å². The van der Waals surface area contributed by atoms with Gasteiger partial charge < -0.3 is 19.7 Å². The third-order valence-corrected chi connectivity index (χ3v) is 6.18. The van der Waals surface area contributed by atoms with Gasteiger partial charge in [0.05, 0.1) is 24.7 Å². The third kappa shape index (κ3) is 6.56. The number of carbonyl (C=O) groups is 2. The minimum atomic E-state index is -0.301. The molecule has 0 radical (unpaired) electrons. The molecule has 1 aliphatic rings. The Balaban J connectivity index is 1.65. The van der Waals surface area contributed by atoms with Gasteiger partial charge in [0.2, 0.25) is 5.91 Å². The number of anilines is 1. The summed E-state index contributed by atoms with van der Waals surface area (Å²) < 4.78 is 11.3. The van der Waals surface area contributed by atoms with E-state index in [0.29, 0.717) is 47.4 Å². The van der Waals surface area contributed by atoms with Crippen molar-refractivity contribution in [3.63, 3.8) is 0 Å². The number of nitrogens with one attached hydrogen (secondary N) is 1. The fraction of sp³-hybridized carbons (Fsp3) is 0.417. The Labute approximate surface area is 198 Å². The summed E-state index contributed by atoms with van der Waals surface area (Å²) in [6, 6.07) is 10.6. The number of hydrogen-bond acceptors (Lipinski definition) is 5. The van der Waals surface area contributed by atoms with Crippen molar-refractivity contribution in [1.82, 2.24) is 4.90 Å². The Morgan fingerprint density at radius 1 is 1.09 bits per heavy atom. The molecule has 0 unspecified atom stereocenters. The van der Waals surface area contributed by atoms with E-state index in [0.717, 1.165) is 36.6 Å². The smallest absolute Gasteiger partial charge is 0.255 e. The van der Waals surface area contributed by atoms with Crippen LogP contribution in [0.15, 0.2) is 36.4 Å². The van der Waals surface area contributed by atoms with Crippen molar-refractivity contribution in [3.05, 3.63) is 52.5 Å². The Morgan fingerprint density at radius 2 is 1.81 bits per heavy atom. The van der Waals surface area contributed by atoms with E-state index in [1.54, 1.807) is 24.3 Å². The van der Waals surface area contributed by atoms with Crippen molar-refractivity contribution in [2.45, 2.75) is 26.7 Å². The maximum absolute atomic E-state index is 12.8. The van der Waals surface area contributed by atoms with E-state index in [9.17, 15) is 9.59 Å². The summed E-state index contributed by atoms with van der Waals surface area (Å²) in [4.78, 5) is 27.1. The summed E-state index contributed by atoms with van der Waals surface area (Å²) in [5, 5.41) is 3.20. The van der Waals surface area contributed by atoms with E-state index in [1.165, 1.54) is 0 Å². The number of thioether (sulfide) groups is 1. The molecule has 1 saturated heterocycles. The van der Waals surface area contributed by atoms with Gasteiger partial charge in [-0.25, -0.2) is 0 Å². The van der Waals surface area contributed by atoms with E-state index in [2.05, 4.69) is 5.32 Å². The molecule has 0 spiro atoms. The molecular weight excluding hydrogens is 448 g/mol. The standard InChI is InChI=1S/C24H29ClN2O4S/c1-3-11-31-23-20(25)15-18(16-21(23)30-4-2)24(29)26-19-7-5-17(6-8-19)14-22(28)27-9-12-32-13-10-27/h5-8,15-16H,3-4,9-14H2,1-2H3,(H,26,29). The number of hydrogen-bond donors (Lipinski definition) is 1. The van der Waals surface area contributed by atoms with Gasteiger partial charge >= 0.3 is 0 Å². The number of amides is 2. The lowest BCUT2D eigenvalue weighted by Gasteiger charge is -2.26. The molecule has 2 amide bonds. The Bertz CT molecular complexity index is 930. The molecule has 8 heteroatoms. The second kappa shape index (κ2) is 12.0. The molecule has 32 heavy (non-hydrogen) atoms. The highest BCUT2D eigenvalue weighted by Crippen LogP contribution is 2.37. The van der Waals surface area contributed by atoms with Crippen LogP contribution < -0.4 is 14.8 Å². The zero-order valence-corrected chi connectivity index (χ0v) is 20.1. The highest BCUT2D eigenvalue weighted by Gasteiger charge is 2.18. The molecule has 1 heterocycles. The van der Waals surface area contributed by atoms with E-state index in [1.807, 2.05) is 42.6 Å². The minimum absolute atomic E-state index is 0.144. The highest BCUT2D eigenvalue weighted by molar-refractivity contribution is 7.99. The molecule has 0 atom stereocenters. The van der Waals surface area contributed by atoms with Crippen LogP contribution in [0, 0.1) is 0 Å². The number of carbonyl (C=O) groups excluding carboxylic acids is 2. The fourth-order valence-electron chi connectivity index (χ4n) is 3.31. The first-order valence-corrected chi connectivity index (χ1v) is 12.4. The zero-order valence-electron chi connectivity index (χ0n) is 18.5. The van der Waals surface area contributed by atoms with Crippen LogP contribution in [0.3, 0.4) is 0 Å². The Hall–Kier alpha value is -2.38. The SMILES string of the molecule is CCCOc1c(Cl)cc(C(=O)Nc2ccc(CC(=O)N3CCSCC3)cc2)cc1OCC. The fourth-order valence-corrected chi connectivity index (χ4v) is 4.48. The Morgan fingerprint density at radius 3 is 2.47 bits per heavy atom. The second-order valence-electron chi connectivity index (χ2n) is 7.39. The molecular formula is C24H29ClN2O4S. The molecule has 2 aromatic carbocycles. The van der Waals surface area contributed by atoms with Gasteiger partial charge in [-0.05, 0) is 43.2 Å². The van der Waals surface area contributed by atoms with Gasteiger partial charge in [-0.2, -0.15) is 11.8 Å². The minimum Gasteiger partial charge on any atom is -0.490 e. The predicted molar refractivity (Wildman–Crippen MR) is 130 cm³/mol. The van der Waals surface area contributed by atoms with Crippen LogP contribution in [0.4, 0.5) is 5.69 Å². The largest absolute Gasteiger partial charge is 0.490 e. The van der Waals surface area contributed by atoms with Crippen molar-refractivity contribution in [2.24, 2.45) is 0 Å². The molecule has 1 N–H and O–H groups in total. The third-order valence-electron chi connectivity index (χ3n) is 4.95.